The molecule has 1 aromatic heterocycles. The highest BCUT2D eigenvalue weighted by atomic mass is 16.3. The molecule has 5 rings (SSSR count). The number of benzene rings is 2. The number of hydrogen-bond donors (Lipinski definition) is 4. The Bertz CT molecular complexity index is 1410. The van der Waals surface area contributed by atoms with Crippen molar-refractivity contribution in [3.63, 3.8) is 0 Å². The van der Waals surface area contributed by atoms with Crippen molar-refractivity contribution in [3.8, 4) is 0 Å². The third-order valence-electron chi connectivity index (χ3n) is 8.70. The summed E-state index contributed by atoms with van der Waals surface area (Å²) < 4.78 is 0. The van der Waals surface area contributed by atoms with Gasteiger partial charge in [-0.15, -0.1) is 0 Å². The molecule has 1 fully saturated rings. The largest absolute Gasteiger partial charge is 0.392 e. The second kappa shape index (κ2) is 14.6. The lowest BCUT2D eigenvalue weighted by molar-refractivity contribution is -0.132. The highest BCUT2D eigenvalue weighted by molar-refractivity contribution is 5.83. The first-order valence-electron chi connectivity index (χ1n) is 16.0. The van der Waals surface area contributed by atoms with E-state index in [1.165, 1.54) is 0 Å². The van der Waals surface area contributed by atoms with Crippen molar-refractivity contribution in [1.82, 2.24) is 25.4 Å². The lowest BCUT2D eigenvalue weighted by Gasteiger charge is -2.42. The van der Waals surface area contributed by atoms with Crippen LogP contribution in [0.15, 0.2) is 79.1 Å². The fraction of sp³-hybridized carbons (Fsp3) is 0.472. The van der Waals surface area contributed by atoms with Gasteiger partial charge in [0.05, 0.1) is 18.2 Å². The molecule has 9 nitrogen and oxygen atoms in total. The Kier molecular flexibility index (Phi) is 10.7. The van der Waals surface area contributed by atoms with Crippen molar-refractivity contribution in [1.29, 1.82) is 0 Å². The van der Waals surface area contributed by atoms with Crippen molar-refractivity contribution < 1.29 is 19.8 Å². The van der Waals surface area contributed by atoms with Gasteiger partial charge in [-0.05, 0) is 61.9 Å². The molecule has 0 radical (unpaired) electrons. The van der Waals surface area contributed by atoms with Gasteiger partial charge in [0.1, 0.15) is 6.04 Å². The molecule has 2 aliphatic rings. The third-order valence-corrected chi connectivity index (χ3v) is 8.70. The van der Waals surface area contributed by atoms with Gasteiger partial charge < -0.3 is 20.8 Å². The van der Waals surface area contributed by atoms with Gasteiger partial charge in [0.15, 0.2) is 0 Å². The summed E-state index contributed by atoms with van der Waals surface area (Å²) in [6.45, 7) is 8.74. The van der Waals surface area contributed by atoms with Gasteiger partial charge in [-0.1, -0.05) is 60.7 Å². The Labute approximate surface area is 266 Å². The lowest BCUT2D eigenvalue weighted by atomic mass is 9.91. The van der Waals surface area contributed by atoms with Crippen LogP contribution in [0.1, 0.15) is 55.5 Å². The summed E-state index contributed by atoms with van der Waals surface area (Å²) in [4.78, 5) is 35.9. The van der Waals surface area contributed by atoms with Crippen molar-refractivity contribution in [3.05, 3.63) is 101 Å². The fourth-order valence-electron chi connectivity index (χ4n) is 6.56. The molecule has 9 heteroatoms. The van der Waals surface area contributed by atoms with Gasteiger partial charge in [0.25, 0.3) is 0 Å². The summed E-state index contributed by atoms with van der Waals surface area (Å²) in [6.07, 6.45) is 3.26. The van der Waals surface area contributed by atoms with Crippen LogP contribution in [0.3, 0.4) is 0 Å². The molecular formula is C36H47N5O4. The van der Waals surface area contributed by atoms with Crippen molar-refractivity contribution in [2.45, 2.75) is 76.4 Å². The van der Waals surface area contributed by atoms with Crippen LogP contribution in [0.25, 0.3) is 0 Å². The van der Waals surface area contributed by atoms with E-state index in [0.717, 1.165) is 28.8 Å². The standard InChI is InChI=1S/C36H47N5O4/c1-36(2,3)39-35(45)31-24-40(22-26-12-9-15-37-21-26)16-17-41(31)23-29(42)19-28(18-25-10-5-4-6-11-25)34(44)38-33-30-14-8-7-13-27(30)20-32(33)43/h4-15,21,28-29,31-33,42-43H,16-20,22-24H2,1-3H3,(H,38,44)(H,39,45)/t28-,29+,31-,32+,33-/m1/s1. The molecule has 0 unspecified atom stereocenters. The van der Waals surface area contributed by atoms with Crippen LogP contribution in [-0.2, 0) is 29.0 Å². The Hall–Kier alpha value is -3.63. The summed E-state index contributed by atoms with van der Waals surface area (Å²) in [7, 11) is 0. The zero-order chi connectivity index (χ0) is 32.0. The number of carbonyl (C=O) groups is 2. The minimum absolute atomic E-state index is 0.0712. The summed E-state index contributed by atoms with van der Waals surface area (Å²) in [5, 5.41) is 28.5. The first kappa shape index (κ1) is 32.8. The summed E-state index contributed by atoms with van der Waals surface area (Å²) in [5.74, 6) is -0.781. The first-order chi connectivity index (χ1) is 21.6. The van der Waals surface area contributed by atoms with Gasteiger partial charge in [-0.25, -0.2) is 0 Å². The second-order valence-corrected chi connectivity index (χ2v) is 13.6. The van der Waals surface area contributed by atoms with Crippen LogP contribution in [-0.4, -0.2) is 86.8 Å². The van der Waals surface area contributed by atoms with E-state index in [1.54, 1.807) is 6.20 Å². The minimum atomic E-state index is -0.833. The number of amides is 2. The van der Waals surface area contributed by atoms with Gasteiger partial charge in [0, 0.05) is 63.0 Å². The van der Waals surface area contributed by atoms with E-state index in [2.05, 4.69) is 25.4 Å². The predicted octanol–water partition coefficient (Wildman–Crippen LogP) is 2.87. The lowest BCUT2D eigenvalue weighted by Crippen LogP contribution is -2.61. The molecule has 1 saturated heterocycles. The van der Waals surface area contributed by atoms with E-state index in [1.807, 2.05) is 93.7 Å². The van der Waals surface area contributed by atoms with E-state index in [9.17, 15) is 19.8 Å². The SMILES string of the molecule is CC(C)(C)NC(=O)[C@H]1CN(Cc2cccnc2)CCN1C[C@@H](O)C[C@@H](Cc1ccccc1)C(=O)N[C@@H]1c2ccccc2C[C@@H]1O. The average Bonchev–Trinajstić information content (AvgIpc) is 3.32. The van der Waals surface area contributed by atoms with Crippen LogP contribution >= 0.6 is 0 Å². The van der Waals surface area contributed by atoms with E-state index >= 15 is 0 Å². The number of carbonyl (C=O) groups excluding carboxylic acids is 2. The van der Waals surface area contributed by atoms with Crippen LogP contribution in [0.4, 0.5) is 0 Å². The van der Waals surface area contributed by atoms with E-state index in [-0.39, 0.29) is 24.8 Å². The number of fused-ring (bicyclic) bond motifs is 1. The Balaban J connectivity index is 1.29. The normalized spacial score (nSPS) is 21.9. The number of rotatable bonds is 11. The number of aromatic nitrogens is 1. The molecule has 1 aliphatic carbocycles. The quantitative estimate of drug-likeness (QED) is 0.263. The maximum Gasteiger partial charge on any atom is 0.239 e. The summed E-state index contributed by atoms with van der Waals surface area (Å²) in [6, 6.07) is 20.6. The van der Waals surface area contributed by atoms with E-state index < -0.39 is 35.7 Å². The maximum atomic E-state index is 13.8. The number of aliphatic hydroxyl groups is 2. The van der Waals surface area contributed by atoms with Gasteiger partial charge >= 0.3 is 0 Å². The molecule has 240 valence electrons. The number of hydrogen-bond acceptors (Lipinski definition) is 7. The van der Waals surface area contributed by atoms with Crippen molar-refractivity contribution >= 4 is 11.8 Å². The highest BCUT2D eigenvalue weighted by Gasteiger charge is 2.37. The smallest absolute Gasteiger partial charge is 0.239 e. The van der Waals surface area contributed by atoms with E-state index in [4.69, 9.17) is 0 Å². The topological polar surface area (TPSA) is 118 Å². The number of aliphatic hydroxyl groups excluding tert-OH is 2. The molecule has 45 heavy (non-hydrogen) atoms. The molecule has 0 bridgehead atoms. The molecule has 5 atom stereocenters. The molecule has 2 heterocycles. The molecule has 0 saturated carbocycles. The average molecular weight is 614 g/mol. The number of nitrogens with zero attached hydrogens (tertiary/aromatic N) is 3. The zero-order valence-corrected chi connectivity index (χ0v) is 26.6. The molecule has 2 aromatic carbocycles. The molecule has 3 aromatic rings. The van der Waals surface area contributed by atoms with E-state index in [0.29, 0.717) is 32.5 Å². The second-order valence-electron chi connectivity index (χ2n) is 13.6. The van der Waals surface area contributed by atoms with Crippen molar-refractivity contribution in [2.75, 3.05) is 26.2 Å². The molecule has 4 N–H and O–H groups in total. The zero-order valence-electron chi connectivity index (χ0n) is 26.6. The molecule has 0 spiro atoms. The summed E-state index contributed by atoms with van der Waals surface area (Å²) in [5.41, 5.74) is 3.68. The van der Waals surface area contributed by atoms with Crippen LogP contribution in [0.5, 0.6) is 0 Å². The number of β-amino-alcohol motifs (C(OH)–C–C–N with tert-alkyl or cyclic N) is 1. The number of pyridine rings is 1. The number of piperazine rings is 1. The predicted molar refractivity (Wildman–Crippen MR) is 174 cm³/mol. The Morgan fingerprint density at radius 2 is 1.73 bits per heavy atom. The monoisotopic (exact) mass is 613 g/mol. The molecule has 2 amide bonds. The van der Waals surface area contributed by atoms with Crippen LogP contribution in [0.2, 0.25) is 0 Å². The highest BCUT2D eigenvalue weighted by Crippen LogP contribution is 2.32. The van der Waals surface area contributed by atoms with Crippen molar-refractivity contribution in [2.24, 2.45) is 5.92 Å². The number of nitrogens with one attached hydrogen (secondary N) is 2. The van der Waals surface area contributed by atoms with Crippen LogP contribution in [0, 0.1) is 5.92 Å². The fourth-order valence-corrected chi connectivity index (χ4v) is 6.56. The van der Waals surface area contributed by atoms with Gasteiger partial charge in [0.2, 0.25) is 11.8 Å². The summed E-state index contributed by atoms with van der Waals surface area (Å²) >= 11 is 0. The minimum Gasteiger partial charge on any atom is -0.392 e. The maximum absolute atomic E-state index is 13.8. The molecule has 1 aliphatic heterocycles. The third kappa shape index (κ3) is 8.98. The first-order valence-corrected chi connectivity index (χ1v) is 16.0. The van der Waals surface area contributed by atoms with Gasteiger partial charge in [-0.2, -0.15) is 0 Å². The molecular weight excluding hydrogens is 566 g/mol. The van der Waals surface area contributed by atoms with Gasteiger partial charge in [-0.3, -0.25) is 24.4 Å². The Morgan fingerprint density at radius 3 is 2.47 bits per heavy atom. The Morgan fingerprint density at radius 1 is 1.00 bits per heavy atom. The van der Waals surface area contributed by atoms with Crippen LogP contribution < -0.4 is 10.6 Å².